The fourth-order valence-corrected chi connectivity index (χ4v) is 1.40. The predicted molar refractivity (Wildman–Crippen MR) is 62.6 cm³/mol. The van der Waals surface area contributed by atoms with E-state index in [1.54, 1.807) is 12.1 Å². The molecule has 1 unspecified atom stereocenters. The normalized spacial score (nSPS) is 12.1. The van der Waals surface area contributed by atoms with Crippen LogP contribution in [-0.2, 0) is 4.79 Å². The number of rotatable bonds is 5. The van der Waals surface area contributed by atoms with Crippen molar-refractivity contribution < 1.29 is 14.6 Å². The van der Waals surface area contributed by atoms with Gasteiger partial charge in [0, 0.05) is 0 Å². The van der Waals surface area contributed by atoms with E-state index in [-0.39, 0.29) is 0 Å². The summed E-state index contributed by atoms with van der Waals surface area (Å²) < 4.78 is 5.40. The van der Waals surface area contributed by atoms with Gasteiger partial charge in [0.15, 0.2) is 6.10 Å². The van der Waals surface area contributed by atoms with Crippen molar-refractivity contribution in [2.45, 2.75) is 32.8 Å². The van der Waals surface area contributed by atoms with Crippen LogP contribution in [0.2, 0.25) is 0 Å². The summed E-state index contributed by atoms with van der Waals surface area (Å²) in [6.45, 7) is 3.77. The third kappa shape index (κ3) is 2.89. The van der Waals surface area contributed by atoms with E-state index in [0.29, 0.717) is 17.9 Å². The van der Waals surface area contributed by atoms with Gasteiger partial charge in [-0.05, 0) is 25.0 Å². The maximum Gasteiger partial charge on any atom is 0.344 e. The van der Waals surface area contributed by atoms with Crippen LogP contribution in [0.4, 0.5) is 5.69 Å². The van der Waals surface area contributed by atoms with Crippen LogP contribution in [0.5, 0.6) is 5.75 Å². The number of hydrogen-bond donors (Lipinski definition) is 2. The molecule has 0 amide bonds. The van der Waals surface area contributed by atoms with Gasteiger partial charge in [-0.25, -0.2) is 4.79 Å². The van der Waals surface area contributed by atoms with Crippen molar-refractivity contribution in [3.8, 4) is 5.75 Å². The van der Waals surface area contributed by atoms with Crippen LogP contribution >= 0.6 is 0 Å². The van der Waals surface area contributed by atoms with Gasteiger partial charge in [0.25, 0.3) is 0 Å². The van der Waals surface area contributed by atoms with Crippen LogP contribution < -0.4 is 10.5 Å². The van der Waals surface area contributed by atoms with E-state index in [4.69, 9.17) is 15.6 Å². The quantitative estimate of drug-likeness (QED) is 0.750. The number of nitrogen functional groups attached to an aromatic ring is 1. The number of anilines is 1. The van der Waals surface area contributed by atoms with Crippen molar-refractivity contribution in [3.63, 3.8) is 0 Å². The number of aliphatic carboxylic acids is 1. The Morgan fingerprint density at radius 1 is 1.56 bits per heavy atom. The highest BCUT2D eigenvalue weighted by molar-refractivity contribution is 5.73. The van der Waals surface area contributed by atoms with E-state index in [1.807, 2.05) is 19.9 Å². The lowest BCUT2D eigenvalue weighted by Crippen LogP contribution is -2.27. The number of para-hydroxylation sites is 1. The molecule has 0 fully saturated rings. The number of carbonyl (C=O) groups is 1. The Bertz CT molecular complexity index is 377. The van der Waals surface area contributed by atoms with Crippen LogP contribution in [0.3, 0.4) is 0 Å². The topological polar surface area (TPSA) is 72.5 Å². The molecule has 3 N–H and O–H groups in total. The van der Waals surface area contributed by atoms with Crippen LogP contribution in [0.1, 0.15) is 25.3 Å². The van der Waals surface area contributed by atoms with Gasteiger partial charge < -0.3 is 15.6 Å². The standard InChI is InChI=1S/C12H17NO3/c1-3-5-10(12(14)15)16-9-7-4-6-8(2)11(9)13/h4,6-7,10H,3,5,13H2,1-2H3,(H,14,15). The van der Waals surface area contributed by atoms with Gasteiger partial charge in [0.2, 0.25) is 0 Å². The van der Waals surface area contributed by atoms with Gasteiger partial charge in [-0.3, -0.25) is 0 Å². The molecule has 0 heterocycles. The molecular weight excluding hydrogens is 206 g/mol. The van der Waals surface area contributed by atoms with Gasteiger partial charge in [0.05, 0.1) is 5.69 Å². The van der Waals surface area contributed by atoms with Crippen molar-refractivity contribution in [1.82, 2.24) is 0 Å². The third-order valence-electron chi connectivity index (χ3n) is 2.38. The van der Waals surface area contributed by atoms with Gasteiger partial charge >= 0.3 is 5.97 Å². The zero-order valence-electron chi connectivity index (χ0n) is 9.56. The molecule has 0 radical (unpaired) electrons. The highest BCUT2D eigenvalue weighted by Gasteiger charge is 2.19. The number of aryl methyl sites for hydroxylation is 1. The summed E-state index contributed by atoms with van der Waals surface area (Å²) in [5, 5.41) is 8.96. The Morgan fingerprint density at radius 3 is 2.81 bits per heavy atom. The van der Waals surface area contributed by atoms with Crippen molar-refractivity contribution in [2.24, 2.45) is 0 Å². The first kappa shape index (κ1) is 12.4. The molecule has 1 aromatic rings. The van der Waals surface area contributed by atoms with Crippen molar-refractivity contribution >= 4 is 11.7 Å². The zero-order chi connectivity index (χ0) is 12.1. The maximum absolute atomic E-state index is 10.9. The van der Waals surface area contributed by atoms with Crippen LogP contribution in [0.25, 0.3) is 0 Å². The number of carboxylic acids is 1. The predicted octanol–water partition coefficient (Wildman–Crippen LogP) is 2.21. The lowest BCUT2D eigenvalue weighted by molar-refractivity contribution is -0.145. The van der Waals surface area contributed by atoms with E-state index in [2.05, 4.69) is 0 Å². The molecule has 0 aliphatic heterocycles. The molecule has 4 nitrogen and oxygen atoms in total. The Morgan fingerprint density at radius 2 is 2.25 bits per heavy atom. The van der Waals surface area contributed by atoms with E-state index in [9.17, 15) is 4.79 Å². The average Bonchev–Trinajstić information content (AvgIpc) is 2.23. The fraction of sp³-hybridized carbons (Fsp3) is 0.417. The number of ether oxygens (including phenoxy) is 1. The summed E-state index contributed by atoms with van der Waals surface area (Å²) in [4.78, 5) is 10.9. The summed E-state index contributed by atoms with van der Waals surface area (Å²) in [7, 11) is 0. The van der Waals surface area contributed by atoms with Gasteiger partial charge in [-0.15, -0.1) is 0 Å². The highest BCUT2D eigenvalue weighted by atomic mass is 16.5. The first-order valence-corrected chi connectivity index (χ1v) is 5.30. The van der Waals surface area contributed by atoms with Crippen molar-refractivity contribution in [1.29, 1.82) is 0 Å². The summed E-state index contributed by atoms with van der Waals surface area (Å²) in [5.41, 5.74) is 7.20. The summed E-state index contributed by atoms with van der Waals surface area (Å²) in [6, 6.07) is 5.34. The molecule has 4 heteroatoms. The highest BCUT2D eigenvalue weighted by Crippen LogP contribution is 2.26. The second-order valence-electron chi connectivity index (χ2n) is 3.72. The minimum absolute atomic E-state index is 0.445. The summed E-state index contributed by atoms with van der Waals surface area (Å²) in [5.74, 6) is -0.511. The van der Waals surface area contributed by atoms with Crippen LogP contribution in [0, 0.1) is 6.92 Å². The Hall–Kier alpha value is -1.71. The van der Waals surface area contributed by atoms with Crippen molar-refractivity contribution in [3.05, 3.63) is 23.8 Å². The molecule has 16 heavy (non-hydrogen) atoms. The van der Waals surface area contributed by atoms with E-state index in [0.717, 1.165) is 12.0 Å². The van der Waals surface area contributed by atoms with Crippen LogP contribution in [0.15, 0.2) is 18.2 Å². The molecule has 0 saturated carbocycles. The molecule has 0 aliphatic rings. The van der Waals surface area contributed by atoms with E-state index >= 15 is 0 Å². The number of benzene rings is 1. The molecule has 1 atom stereocenters. The lowest BCUT2D eigenvalue weighted by atomic mass is 10.1. The van der Waals surface area contributed by atoms with Gasteiger partial charge in [0.1, 0.15) is 5.75 Å². The molecule has 0 bridgehead atoms. The monoisotopic (exact) mass is 223 g/mol. The van der Waals surface area contributed by atoms with Crippen LogP contribution in [-0.4, -0.2) is 17.2 Å². The Labute approximate surface area is 95.0 Å². The fourth-order valence-electron chi connectivity index (χ4n) is 1.40. The average molecular weight is 223 g/mol. The third-order valence-corrected chi connectivity index (χ3v) is 2.38. The van der Waals surface area contributed by atoms with Crippen molar-refractivity contribution in [2.75, 3.05) is 5.73 Å². The number of nitrogens with two attached hydrogens (primary N) is 1. The van der Waals surface area contributed by atoms with E-state index < -0.39 is 12.1 Å². The number of hydrogen-bond acceptors (Lipinski definition) is 3. The largest absolute Gasteiger partial charge is 0.479 e. The first-order chi connectivity index (χ1) is 7.56. The molecule has 0 saturated heterocycles. The van der Waals surface area contributed by atoms with Gasteiger partial charge in [-0.1, -0.05) is 25.5 Å². The zero-order valence-corrected chi connectivity index (χ0v) is 9.56. The molecule has 1 aromatic carbocycles. The Kier molecular flexibility index (Phi) is 4.17. The first-order valence-electron chi connectivity index (χ1n) is 5.30. The molecule has 0 aromatic heterocycles. The minimum Gasteiger partial charge on any atom is -0.479 e. The maximum atomic E-state index is 10.9. The Balaban J connectivity index is 2.85. The molecule has 1 rings (SSSR count). The van der Waals surface area contributed by atoms with E-state index in [1.165, 1.54) is 0 Å². The van der Waals surface area contributed by atoms with Gasteiger partial charge in [-0.2, -0.15) is 0 Å². The SMILES string of the molecule is CCCC(Oc1cccc(C)c1N)C(=O)O. The number of carboxylic acid groups (broad SMARTS) is 1. The second-order valence-corrected chi connectivity index (χ2v) is 3.72. The summed E-state index contributed by atoms with van der Waals surface area (Å²) in [6.07, 6.45) is 0.403. The summed E-state index contributed by atoms with van der Waals surface area (Å²) >= 11 is 0. The molecule has 0 aliphatic carbocycles. The smallest absolute Gasteiger partial charge is 0.344 e. The second kappa shape index (κ2) is 5.39. The molecule has 0 spiro atoms. The lowest BCUT2D eigenvalue weighted by Gasteiger charge is -2.16. The molecule has 88 valence electrons. The molecular formula is C12H17NO3. The minimum atomic E-state index is -0.956.